The lowest BCUT2D eigenvalue weighted by molar-refractivity contribution is -0.120. The lowest BCUT2D eigenvalue weighted by Crippen LogP contribution is -2.37. The minimum atomic E-state index is -3.97. The molecule has 1 aromatic carbocycles. The van der Waals surface area contributed by atoms with Gasteiger partial charge in [-0.3, -0.25) is 4.79 Å². The van der Waals surface area contributed by atoms with Crippen LogP contribution in [-0.4, -0.2) is 34.7 Å². The Morgan fingerprint density at radius 2 is 2.00 bits per heavy atom. The molecule has 0 bridgehead atoms. The molecule has 0 aliphatic carbocycles. The van der Waals surface area contributed by atoms with E-state index >= 15 is 0 Å². The van der Waals surface area contributed by atoms with Crippen LogP contribution in [0, 0.1) is 11.6 Å². The summed E-state index contributed by atoms with van der Waals surface area (Å²) in [5, 5.41) is 2.78. The first-order valence-corrected chi connectivity index (χ1v) is 10.5. The first-order valence-electron chi connectivity index (χ1n) is 9.07. The van der Waals surface area contributed by atoms with E-state index in [0.29, 0.717) is 31.3 Å². The fourth-order valence-electron chi connectivity index (χ4n) is 3.25. The molecule has 152 valence electrons. The van der Waals surface area contributed by atoms with Crippen molar-refractivity contribution in [3.8, 4) is 0 Å². The number of nitrogens with one attached hydrogen (secondary N) is 1. The Balaban J connectivity index is 1.88. The summed E-state index contributed by atoms with van der Waals surface area (Å²) >= 11 is 0. The maximum absolute atomic E-state index is 13.5. The summed E-state index contributed by atoms with van der Waals surface area (Å²) in [5.74, 6) is -1.72. The van der Waals surface area contributed by atoms with Gasteiger partial charge in [0.1, 0.15) is 5.82 Å². The molecule has 2 heterocycles. The van der Waals surface area contributed by atoms with Gasteiger partial charge in [0.25, 0.3) is 0 Å². The average molecular weight is 412 g/mol. The highest BCUT2D eigenvalue weighted by atomic mass is 32.2. The molecule has 1 aromatic heterocycles. The molecule has 1 N–H and O–H groups in total. The molecule has 10 heteroatoms. The highest BCUT2D eigenvalue weighted by Gasteiger charge is 2.32. The van der Waals surface area contributed by atoms with E-state index in [4.69, 9.17) is 0 Å². The van der Waals surface area contributed by atoms with Crippen LogP contribution in [0.4, 0.5) is 8.78 Å². The zero-order chi connectivity index (χ0) is 20.5. The zero-order valence-electron chi connectivity index (χ0n) is 15.7. The number of hydrogen-bond acceptors (Lipinski definition) is 4. The first-order chi connectivity index (χ1) is 13.3. The Hall–Kier alpha value is -2.33. The smallest absolute Gasteiger partial charge is 0.243 e. The lowest BCUT2D eigenvalue weighted by Gasteiger charge is -2.27. The Morgan fingerprint density at radius 3 is 2.64 bits per heavy atom. The van der Waals surface area contributed by atoms with E-state index in [1.54, 1.807) is 6.92 Å². The number of sulfonamides is 1. The van der Waals surface area contributed by atoms with E-state index in [0.717, 1.165) is 23.5 Å². The number of carbonyl (C=O) groups is 1. The highest BCUT2D eigenvalue weighted by Crippen LogP contribution is 2.26. The van der Waals surface area contributed by atoms with Crippen molar-refractivity contribution in [2.45, 2.75) is 51.2 Å². The molecule has 0 unspecified atom stereocenters. The Morgan fingerprint density at radius 1 is 1.25 bits per heavy atom. The number of benzene rings is 1. The van der Waals surface area contributed by atoms with Crippen LogP contribution in [0.3, 0.4) is 0 Å². The molecule has 0 fully saturated rings. The molecule has 2 aromatic rings. The highest BCUT2D eigenvalue weighted by molar-refractivity contribution is 7.89. The Bertz CT molecular complexity index is 1000. The van der Waals surface area contributed by atoms with Gasteiger partial charge < -0.3 is 9.88 Å². The molecule has 0 saturated carbocycles. The molecule has 0 atom stereocenters. The third-order valence-corrected chi connectivity index (χ3v) is 6.61. The van der Waals surface area contributed by atoms with Crippen LogP contribution in [0.1, 0.15) is 37.5 Å². The Kier molecular flexibility index (Phi) is 5.80. The molecular weight excluding hydrogens is 390 g/mol. The van der Waals surface area contributed by atoms with Gasteiger partial charge in [-0.1, -0.05) is 6.92 Å². The summed E-state index contributed by atoms with van der Waals surface area (Å²) in [7, 11) is -3.97. The SMILES string of the molecule is CCC(=O)NCc1nc2c(n1CC)CN(S(=O)(=O)c1ccc(F)c(F)c1)CC2. The van der Waals surface area contributed by atoms with Crippen molar-refractivity contribution >= 4 is 15.9 Å². The van der Waals surface area contributed by atoms with Crippen LogP contribution in [0.25, 0.3) is 0 Å². The van der Waals surface area contributed by atoms with Gasteiger partial charge >= 0.3 is 0 Å². The third kappa shape index (κ3) is 3.79. The number of aromatic nitrogens is 2. The van der Waals surface area contributed by atoms with Crippen molar-refractivity contribution in [1.29, 1.82) is 0 Å². The van der Waals surface area contributed by atoms with E-state index < -0.39 is 21.7 Å². The van der Waals surface area contributed by atoms with E-state index in [1.807, 2.05) is 11.5 Å². The second kappa shape index (κ2) is 7.96. The van der Waals surface area contributed by atoms with Crippen molar-refractivity contribution in [3.63, 3.8) is 0 Å². The van der Waals surface area contributed by atoms with E-state index in [2.05, 4.69) is 10.3 Å². The van der Waals surface area contributed by atoms with Crippen LogP contribution in [0.5, 0.6) is 0 Å². The van der Waals surface area contributed by atoms with Crippen molar-refractivity contribution < 1.29 is 22.0 Å². The predicted octanol–water partition coefficient (Wildman–Crippen LogP) is 1.95. The third-order valence-electron chi connectivity index (χ3n) is 4.77. The van der Waals surface area contributed by atoms with Gasteiger partial charge in [0.05, 0.1) is 29.4 Å². The van der Waals surface area contributed by atoms with Crippen molar-refractivity contribution in [2.24, 2.45) is 0 Å². The van der Waals surface area contributed by atoms with Gasteiger partial charge in [0.2, 0.25) is 15.9 Å². The number of carbonyl (C=O) groups excluding carboxylic acids is 1. The van der Waals surface area contributed by atoms with Gasteiger partial charge in [-0.05, 0) is 25.1 Å². The standard InChI is InChI=1S/C18H22F2N4O3S/c1-3-18(25)21-10-17-22-15-7-8-23(11-16(15)24(17)4-2)28(26,27)12-5-6-13(19)14(20)9-12/h5-6,9H,3-4,7-8,10-11H2,1-2H3,(H,21,25). The van der Waals surface area contributed by atoms with Crippen molar-refractivity contribution in [2.75, 3.05) is 6.54 Å². The van der Waals surface area contributed by atoms with Crippen molar-refractivity contribution in [1.82, 2.24) is 19.2 Å². The Labute approximate surface area is 162 Å². The molecular formula is C18H22F2N4O3S. The quantitative estimate of drug-likeness (QED) is 0.786. The van der Waals surface area contributed by atoms with E-state index in [-0.39, 0.29) is 30.4 Å². The number of rotatable bonds is 6. The van der Waals surface area contributed by atoms with Gasteiger partial charge in [-0.15, -0.1) is 0 Å². The van der Waals surface area contributed by atoms with Crippen LogP contribution < -0.4 is 5.32 Å². The number of hydrogen-bond donors (Lipinski definition) is 1. The monoisotopic (exact) mass is 412 g/mol. The molecule has 0 radical (unpaired) electrons. The average Bonchev–Trinajstić information content (AvgIpc) is 3.04. The molecule has 1 aliphatic rings. The summed E-state index contributed by atoms with van der Waals surface area (Å²) in [6.45, 7) is 4.78. The molecule has 3 rings (SSSR count). The summed E-state index contributed by atoms with van der Waals surface area (Å²) in [6, 6.07) is 2.57. The maximum atomic E-state index is 13.5. The molecule has 1 amide bonds. The largest absolute Gasteiger partial charge is 0.349 e. The number of nitrogens with zero attached hydrogens (tertiary/aromatic N) is 3. The minimum absolute atomic E-state index is 0.0826. The first kappa shape index (κ1) is 20.4. The summed E-state index contributed by atoms with van der Waals surface area (Å²) in [5.41, 5.74) is 1.54. The molecule has 0 spiro atoms. The number of halogens is 2. The number of imidazole rings is 1. The van der Waals surface area contributed by atoms with Gasteiger partial charge in [0, 0.05) is 25.9 Å². The summed E-state index contributed by atoms with van der Waals surface area (Å²) in [4.78, 5) is 15.8. The fraction of sp³-hybridized carbons (Fsp3) is 0.444. The topological polar surface area (TPSA) is 84.3 Å². The molecule has 1 aliphatic heterocycles. The van der Waals surface area contributed by atoms with Crippen LogP contribution in [0.15, 0.2) is 23.1 Å². The van der Waals surface area contributed by atoms with E-state index in [9.17, 15) is 22.0 Å². The summed E-state index contributed by atoms with van der Waals surface area (Å²) < 4.78 is 55.5. The molecule has 28 heavy (non-hydrogen) atoms. The fourth-order valence-corrected chi connectivity index (χ4v) is 4.66. The van der Waals surface area contributed by atoms with Crippen LogP contribution in [-0.2, 0) is 40.9 Å². The van der Waals surface area contributed by atoms with Gasteiger partial charge in [-0.2, -0.15) is 4.31 Å². The van der Waals surface area contributed by atoms with E-state index in [1.165, 1.54) is 4.31 Å². The summed E-state index contributed by atoms with van der Waals surface area (Å²) in [6.07, 6.45) is 0.771. The lowest BCUT2D eigenvalue weighted by atomic mass is 10.2. The maximum Gasteiger partial charge on any atom is 0.243 e. The van der Waals surface area contributed by atoms with Gasteiger partial charge in [-0.25, -0.2) is 22.2 Å². The van der Waals surface area contributed by atoms with Crippen molar-refractivity contribution in [3.05, 3.63) is 47.0 Å². The van der Waals surface area contributed by atoms with Gasteiger partial charge in [0.15, 0.2) is 11.6 Å². The zero-order valence-corrected chi connectivity index (χ0v) is 16.5. The normalized spacial score (nSPS) is 14.7. The second-order valence-corrected chi connectivity index (χ2v) is 8.40. The van der Waals surface area contributed by atoms with Crippen LogP contribution >= 0.6 is 0 Å². The molecule has 7 nitrogen and oxygen atoms in total. The second-order valence-electron chi connectivity index (χ2n) is 6.46. The number of fused-ring (bicyclic) bond motifs is 1. The van der Waals surface area contributed by atoms with Crippen LogP contribution in [0.2, 0.25) is 0 Å². The predicted molar refractivity (Wildman–Crippen MR) is 97.7 cm³/mol. The minimum Gasteiger partial charge on any atom is -0.349 e. The molecule has 0 saturated heterocycles. The number of amides is 1.